The van der Waals surface area contributed by atoms with Crippen LogP contribution in [-0.4, -0.2) is 58.2 Å². The highest BCUT2D eigenvalue weighted by molar-refractivity contribution is 5.76. The Hall–Kier alpha value is -1.36. The zero-order valence-electron chi connectivity index (χ0n) is 14.8. The van der Waals surface area contributed by atoms with Crippen LogP contribution in [0.2, 0.25) is 0 Å². The highest BCUT2D eigenvalue weighted by atomic mass is 16.2. The predicted molar refractivity (Wildman–Crippen MR) is 91.4 cm³/mol. The van der Waals surface area contributed by atoms with Gasteiger partial charge >= 0.3 is 0 Å². The second-order valence-electron chi connectivity index (χ2n) is 7.43. The average Bonchev–Trinajstić information content (AvgIpc) is 3.11. The van der Waals surface area contributed by atoms with Crippen molar-refractivity contribution in [2.45, 2.75) is 52.5 Å². The summed E-state index contributed by atoms with van der Waals surface area (Å²) in [6.07, 6.45) is 4.13. The Kier molecular flexibility index (Phi) is 5.05. The standard InChI is InChI=1S/C18H30N4O/c1-14-4-10-21(11-5-14)18(23)7-9-20-8-6-17(13-20)22-16(3)12-15(2)19-22/h12,14,17H,4-11,13H2,1-3H3. The molecule has 2 saturated heterocycles. The van der Waals surface area contributed by atoms with Gasteiger partial charge in [0.15, 0.2) is 0 Å². The van der Waals surface area contributed by atoms with Crippen LogP contribution in [0.25, 0.3) is 0 Å². The molecule has 5 nitrogen and oxygen atoms in total. The first-order chi connectivity index (χ1) is 11.0. The minimum absolute atomic E-state index is 0.339. The first kappa shape index (κ1) is 16.5. The molecule has 2 aliphatic rings. The molecule has 0 aromatic carbocycles. The summed E-state index contributed by atoms with van der Waals surface area (Å²) in [7, 11) is 0. The molecule has 1 aromatic heterocycles. The Balaban J connectivity index is 1.45. The number of rotatable bonds is 4. The summed E-state index contributed by atoms with van der Waals surface area (Å²) in [5.74, 6) is 1.12. The minimum atomic E-state index is 0.339. The lowest BCUT2D eigenvalue weighted by Gasteiger charge is -2.30. The molecule has 1 amide bonds. The SMILES string of the molecule is Cc1cc(C)n(C2CCN(CCC(=O)N3CCC(C)CC3)C2)n1. The Morgan fingerprint density at radius 1 is 1.22 bits per heavy atom. The van der Waals surface area contributed by atoms with Crippen molar-refractivity contribution in [1.29, 1.82) is 0 Å². The molecule has 1 unspecified atom stereocenters. The van der Waals surface area contributed by atoms with Crippen LogP contribution in [0.5, 0.6) is 0 Å². The normalized spacial score (nSPS) is 23.6. The van der Waals surface area contributed by atoms with Crippen molar-refractivity contribution in [2.75, 3.05) is 32.7 Å². The highest BCUT2D eigenvalue weighted by Gasteiger charge is 2.27. The van der Waals surface area contributed by atoms with Crippen LogP contribution in [0, 0.1) is 19.8 Å². The third kappa shape index (κ3) is 3.94. The van der Waals surface area contributed by atoms with E-state index in [9.17, 15) is 4.79 Å². The zero-order chi connectivity index (χ0) is 16.4. The number of likely N-dealkylation sites (tertiary alicyclic amines) is 2. The molecule has 0 aliphatic carbocycles. The molecule has 0 N–H and O–H groups in total. The number of aromatic nitrogens is 2. The van der Waals surface area contributed by atoms with Gasteiger partial charge in [-0.1, -0.05) is 6.92 Å². The maximum atomic E-state index is 12.4. The third-order valence-corrected chi connectivity index (χ3v) is 5.42. The van der Waals surface area contributed by atoms with Gasteiger partial charge in [-0.15, -0.1) is 0 Å². The maximum absolute atomic E-state index is 12.4. The van der Waals surface area contributed by atoms with Gasteiger partial charge in [-0.2, -0.15) is 5.10 Å². The molecule has 0 bridgehead atoms. The summed E-state index contributed by atoms with van der Waals surface area (Å²) in [5.41, 5.74) is 2.34. The molecule has 0 radical (unpaired) electrons. The van der Waals surface area contributed by atoms with Gasteiger partial charge in [0.1, 0.15) is 0 Å². The van der Waals surface area contributed by atoms with Crippen LogP contribution < -0.4 is 0 Å². The zero-order valence-corrected chi connectivity index (χ0v) is 14.8. The lowest BCUT2D eigenvalue weighted by atomic mass is 9.99. The van der Waals surface area contributed by atoms with Gasteiger partial charge < -0.3 is 9.80 Å². The molecule has 0 saturated carbocycles. The monoisotopic (exact) mass is 318 g/mol. The van der Waals surface area contributed by atoms with Crippen molar-refractivity contribution >= 4 is 5.91 Å². The third-order valence-electron chi connectivity index (χ3n) is 5.42. The molecule has 3 rings (SSSR count). The number of hydrogen-bond donors (Lipinski definition) is 0. The Morgan fingerprint density at radius 2 is 1.96 bits per heavy atom. The van der Waals surface area contributed by atoms with Gasteiger partial charge in [0.05, 0.1) is 11.7 Å². The molecule has 128 valence electrons. The first-order valence-electron chi connectivity index (χ1n) is 9.06. The van der Waals surface area contributed by atoms with E-state index in [1.54, 1.807) is 0 Å². The van der Waals surface area contributed by atoms with Crippen molar-refractivity contribution in [3.05, 3.63) is 17.5 Å². The fraction of sp³-hybridized carbons (Fsp3) is 0.778. The van der Waals surface area contributed by atoms with E-state index in [1.807, 2.05) is 6.92 Å². The van der Waals surface area contributed by atoms with Crippen LogP contribution in [-0.2, 0) is 4.79 Å². The number of carbonyl (C=O) groups excluding carboxylic acids is 1. The van der Waals surface area contributed by atoms with E-state index in [0.717, 1.165) is 63.6 Å². The number of amides is 1. The molecular formula is C18H30N4O. The van der Waals surface area contributed by atoms with Gasteiger partial charge in [-0.05, 0) is 45.1 Å². The summed E-state index contributed by atoms with van der Waals surface area (Å²) >= 11 is 0. The molecule has 5 heteroatoms. The molecule has 23 heavy (non-hydrogen) atoms. The fourth-order valence-electron chi connectivity index (χ4n) is 3.90. The van der Waals surface area contributed by atoms with Crippen molar-refractivity contribution in [3.63, 3.8) is 0 Å². The topological polar surface area (TPSA) is 41.4 Å². The van der Waals surface area contributed by atoms with E-state index in [0.29, 0.717) is 18.4 Å². The second-order valence-corrected chi connectivity index (χ2v) is 7.43. The smallest absolute Gasteiger partial charge is 0.223 e. The molecular weight excluding hydrogens is 288 g/mol. The Bertz CT molecular complexity index is 545. The lowest BCUT2D eigenvalue weighted by Crippen LogP contribution is -2.39. The number of piperidine rings is 1. The largest absolute Gasteiger partial charge is 0.343 e. The van der Waals surface area contributed by atoms with E-state index in [4.69, 9.17) is 0 Å². The molecule has 3 heterocycles. The van der Waals surface area contributed by atoms with Gasteiger partial charge in [-0.3, -0.25) is 9.48 Å². The van der Waals surface area contributed by atoms with Crippen LogP contribution in [0.3, 0.4) is 0 Å². The van der Waals surface area contributed by atoms with Gasteiger partial charge in [0.2, 0.25) is 5.91 Å². The van der Waals surface area contributed by atoms with Crippen LogP contribution in [0.15, 0.2) is 6.07 Å². The van der Waals surface area contributed by atoms with E-state index in [-0.39, 0.29) is 0 Å². The van der Waals surface area contributed by atoms with E-state index < -0.39 is 0 Å². The molecule has 1 atom stereocenters. The predicted octanol–water partition coefficient (Wildman–Crippen LogP) is 2.40. The lowest BCUT2D eigenvalue weighted by molar-refractivity contribution is -0.132. The first-order valence-corrected chi connectivity index (χ1v) is 9.06. The number of hydrogen-bond acceptors (Lipinski definition) is 3. The molecule has 1 aromatic rings. The number of nitrogens with zero attached hydrogens (tertiary/aromatic N) is 4. The van der Waals surface area contributed by atoms with Crippen molar-refractivity contribution in [3.8, 4) is 0 Å². The summed E-state index contributed by atoms with van der Waals surface area (Å²) in [4.78, 5) is 16.8. The summed E-state index contributed by atoms with van der Waals surface area (Å²) in [5, 5.41) is 4.62. The second kappa shape index (κ2) is 7.04. The quantitative estimate of drug-likeness (QED) is 0.856. The highest BCUT2D eigenvalue weighted by Crippen LogP contribution is 2.23. The molecule has 2 fully saturated rings. The molecule has 2 aliphatic heterocycles. The fourth-order valence-corrected chi connectivity index (χ4v) is 3.90. The summed E-state index contributed by atoms with van der Waals surface area (Å²) in [6.45, 7) is 11.4. The van der Waals surface area contributed by atoms with E-state index >= 15 is 0 Å². The van der Waals surface area contributed by atoms with Crippen LogP contribution in [0.4, 0.5) is 0 Å². The summed E-state index contributed by atoms with van der Waals surface area (Å²) in [6, 6.07) is 2.61. The van der Waals surface area contributed by atoms with Crippen molar-refractivity contribution in [2.24, 2.45) is 5.92 Å². The van der Waals surface area contributed by atoms with E-state index in [2.05, 4.69) is 39.5 Å². The maximum Gasteiger partial charge on any atom is 0.223 e. The average molecular weight is 318 g/mol. The van der Waals surface area contributed by atoms with Crippen molar-refractivity contribution < 1.29 is 4.79 Å². The molecule has 0 spiro atoms. The Labute approximate surface area is 139 Å². The van der Waals surface area contributed by atoms with Gasteiger partial charge in [0.25, 0.3) is 0 Å². The van der Waals surface area contributed by atoms with Crippen molar-refractivity contribution in [1.82, 2.24) is 19.6 Å². The van der Waals surface area contributed by atoms with Gasteiger partial charge in [0, 0.05) is 44.8 Å². The Morgan fingerprint density at radius 3 is 2.61 bits per heavy atom. The number of aryl methyl sites for hydroxylation is 2. The summed E-state index contributed by atoms with van der Waals surface area (Å²) < 4.78 is 2.17. The number of carbonyl (C=O) groups is 1. The van der Waals surface area contributed by atoms with Crippen LogP contribution in [0.1, 0.15) is 50.0 Å². The minimum Gasteiger partial charge on any atom is -0.343 e. The van der Waals surface area contributed by atoms with Crippen LogP contribution >= 0.6 is 0 Å². The van der Waals surface area contributed by atoms with Gasteiger partial charge in [-0.25, -0.2) is 0 Å². The van der Waals surface area contributed by atoms with E-state index in [1.165, 1.54) is 5.69 Å².